The number of rotatable bonds is 23. The van der Waals surface area contributed by atoms with Crippen molar-refractivity contribution in [3.05, 3.63) is 78.4 Å². The second kappa shape index (κ2) is 22.2. The van der Waals surface area contributed by atoms with Crippen LogP contribution in [-0.2, 0) is 21.5 Å². The Labute approximate surface area is 320 Å². The van der Waals surface area contributed by atoms with Crippen LogP contribution in [0.1, 0.15) is 126 Å². The Bertz CT molecular complexity index is 1720. The van der Waals surface area contributed by atoms with E-state index in [0.717, 1.165) is 30.5 Å². The van der Waals surface area contributed by atoms with Crippen molar-refractivity contribution >= 4 is 68.1 Å². The van der Waals surface area contributed by atoms with Crippen molar-refractivity contribution in [1.82, 2.24) is 9.55 Å². The monoisotopic (exact) mass is 710 g/mol. The van der Waals surface area contributed by atoms with Gasteiger partial charge in [-0.15, -0.1) is 0 Å². The molecule has 50 heavy (non-hydrogen) atoms. The van der Waals surface area contributed by atoms with Crippen LogP contribution in [0.25, 0.3) is 22.4 Å². The quantitative estimate of drug-likeness (QED) is 0.0260. The number of unbranched alkanes of at least 4 members (excludes halogenated alkanes) is 15. The van der Waals surface area contributed by atoms with Gasteiger partial charge in [-0.25, -0.2) is 4.98 Å². The van der Waals surface area contributed by atoms with Crippen LogP contribution in [0.5, 0.6) is 0 Å². The van der Waals surface area contributed by atoms with Crippen molar-refractivity contribution in [2.75, 3.05) is 5.32 Å². The maximum Gasteiger partial charge on any atom is 0.294 e. The number of nitrogens with one attached hydrogen (secondary N) is 1. The molecule has 4 rings (SSSR count). The molecular weight excluding hydrogens is 658 g/mol. The third kappa shape index (κ3) is 13.7. The second-order valence-electron chi connectivity index (χ2n) is 13.1. The van der Waals surface area contributed by atoms with Crippen molar-refractivity contribution in [3.63, 3.8) is 0 Å². The van der Waals surface area contributed by atoms with E-state index >= 15 is 0 Å². The molecule has 1 radical (unpaired) electrons. The van der Waals surface area contributed by atoms with E-state index in [1.807, 2.05) is 18.2 Å². The first-order chi connectivity index (χ1) is 23.8. The number of anilines is 1. The molecule has 4 aromatic rings. The molecule has 0 spiro atoms. The largest absolute Gasteiger partial charge is 0.326 e. The van der Waals surface area contributed by atoms with Gasteiger partial charge in [0.05, 0.1) is 22.3 Å². The molecule has 0 aliphatic rings. The predicted octanol–water partition coefficient (Wildman–Crippen LogP) is 10.0. The Kier molecular flexibility index (Phi) is 18.5. The first kappa shape index (κ1) is 41.6. The number of nitrogens with zero attached hydrogens (tertiary/aromatic N) is 2. The molecule has 0 bridgehead atoms. The Morgan fingerprint density at radius 1 is 0.720 bits per heavy atom. The van der Waals surface area contributed by atoms with E-state index in [1.165, 1.54) is 102 Å². The molecular formula is C40H53N3NaO5S. The summed E-state index contributed by atoms with van der Waals surface area (Å²) in [5.41, 5.74) is 3.13. The number of ketones is 1. The van der Waals surface area contributed by atoms with Crippen LogP contribution in [0.3, 0.4) is 0 Å². The molecule has 10 heteroatoms. The summed E-state index contributed by atoms with van der Waals surface area (Å²) < 4.78 is 35.3. The predicted molar refractivity (Wildman–Crippen MR) is 204 cm³/mol. The Morgan fingerprint density at radius 3 is 1.80 bits per heavy atom. The zero-order valence-corrected chi connectivity index (χ0v) is 32.9. The van der Waals surface area contributed by atoms with E-state index in [2.05, 4.69) is 16.8 Å². The minimum Gasteiger partial charge on any atom is -0.326 e. The first-order valence-corrected chi connectivity index (χ1v) is 19.7. The summed E-state index contributed by atoms with van der Waals surface area (Å²) >= 11 is 0. The molecule has 0 saturated heterocycles. The van der Waals surface area contributed by atoms with E-state index in [4.69, 9.17) is 4.98 Å². The number of imidazole rings is 1. The fourth-order valence-electron chi connectivity index (χ4n) is 6.31. The molecule has 265 valence electrons. The number of fused-ring (bicyclic) bond motifs is 1. The molecule has 0 atom stereocenters. The first-order valence-electron chi connectivity index (χ1n) is 18.2. The Morgan fingerprint density at radius 2 is 1.26 bits per heavy atom. The third-order valence-corrected chi connectivity index (χ3v) is 9.95. The zero-order chi connectivity index (χ0) is 34.9. The number of amides is 1. The maximum atomic E-state index is 12.5. The number of aryl methyl sites for hydroxylation is 1. The average molecular weight is 711 g/mol. The topological polar surface area (TPSA) is 118 Å². The number of hydrogen-bond acceptors (Lipinski definition) is 5. The van der Waals surface area contributed by atoms with E-state index in [1.54, 1.807) is 42.5 Å². The van der Waals surface area contributed by atoms with E-state index < -0.39 is 16.0 Å². The molecule has 8 nitrogen and oxygen atoms in total. The Balaban J connectivity index is 0.00000676. The minimum atomic E-state index is -4.36. The van der Waals surface area contributed by atoms with Crippen molar-refractivity contribution in [2.24, 2.45) is 0 Å². The van der Waals surface area contributed by atoms with Gasteiger partial charge in [-0.2, -0.15) is 8.42 Å². The fraction of sp³-hybridized carbons (Fsp3) is 0.475. The van der Waals surface area contributed by atoms with Crippen LogP contribution in [0.4, 0.5) is 5.69 Å². The van der Waals surface area contributed by atoms with Gasteiger partial charge in [0.25, 0.3) is 10.1 Å². The standard InChI is InChI=1S/C40H53N3O5S.Na/c1-2-3-4-5-6-7-8-9-10-11-12-13-14-15-16-20-29-43-37-28-27-35(49(46,47)48)30-36(37)42-40(43)33-23-25-34(26-24-33)41-39(45)31-38(44)32-21-18-17-19-22-32;/h17-19,21-28,30H,2-16,20,29,31H2,1H3,(H,41,45)(H,46,47,48);. The van der Waals surface area contributed by atoms with Gasteiger partial charge >= 0.3 is 0 Å². The van der Waals surface area contributed by atoms with Gasteiger partial charge in [0, 0.05) is 52.9 Å². The van der Waals surface area contributed by atoms with Crippen LogP contribution in [0.15, 0.2) is 77.7 Å². The molecule has 0 saturated carbocycles. The molecule has 0 unspecified atom stereocenters. The molecule has 0 aliphatic carbocycles. The van der Waals surface area contributed by atoms with E-state index in [0.29, 0.717) is 22.6 Å². The van der Waals surface area contributed by atoms with Gasteiger partial charge in [-0.1, -0.05) is 134 Å². The van der Waals surface area contributed by atoms with Crippen LogP contribution < -0.4 is 5.32 Å². The van der Waals surface area contributed by atoms with Crippen LogP contribution >= 0.6 is 0 Å². The van der Waals surface area contributed by atoms with Crippen molar-refractivity contribution < 1.29 is 22.6 Å². The number of benzene rings is 3. The summed E-state index contributed by atoms with van der Waals surface area (Å²) in [7, 11) is -4.36. The summed E-state index contributed by atoms with van der Waals surface area (Å²) in [4.78, 5) is 29.5. The van der Waals surface area contributed by atoms with Gasteiger partial charge < -0.3 is 9.88 Å². The van der Waals surface area contributed by atoms with Crippen molar-refractivity contribution in [3.8, 4) is 11.4 Å². The van der Waals surface area contributed by atoms with Crippen LogP contribution in [-0.4, -0.2) is 63.8 Å². The average Bonchev–Trinajstić information content (AvgIpc) is 3.46. The van der Waals surface area contributed by atoms with Crippen LogP contribution in [0.2, 0.25) is 0 Å². The minimum absolute atomic E-state index is 0. The smallest absolute Gasteiger partial charge is 0.294 e. The molecule has 1 heterocycles. The number of hydrogen-bond donors (Lipinski definition) is 2. The maximum absolute atomic E-state index is 12.5. The van der Waals surface area contributed by atoms with Gasteiger partial charge in [0.15, 0.2) is 5.78 Å². The van der Waals surface area contributed by atoms with Gasteiger partial charge in [-0.3, -0.25) is 14.1 Å². The van der Waals surface area contributed by atoms with Gasteiger partial charge in [0.1, 0.15) is 5.82 Å². The summed E-state index contributed by atoms with van der Waals surface area (Å²) in [6, 6.07) is 20.5. The summed E-state index contributed by atoms with van der Waals surface area (Å²) in [5.74, 6) is 0.0393. The normalized spacial score (nSPS) is 11.4. The molecule has 0 fully saturated rings. The Hall–Kier alpha value is -2.82. The number of carbonyl (C=O) groups is 2. The SMILES string of the molecule is CCCCCCCCCCCCCCCCCCn1c(-c2ccc(NC(=O)CC(=O)c3ccccc3)cc2)nc2cc(S(=O)(=O)O)ccc21.[Na]. The number of aromatic nitrogens is 2. The van der Waals surface area contributed by atoms with E-state index in [9.17, 15) is 22.6 Å². The van der Waals surface area contributed by atoms with Gasteiger partial charge in [0.2, 0.25) is 5.91 Å². The second-order valence-corrected chi connectivity index (χ2v) is 14.5. The molecule has 1 aromatic heterocycles. The molecule has 0 aliphatic heterocycles. The summed E-state index contributed by atoms with van der Waals surface area (Å²) in [6.45, 7) is 2.98. The van der Waals surface area contributed by atoms with E-state index in [-0.39, 0.29) is 46.7 Å². The van der Waals surface area contributed by atoms with Gasteiger partial charge in [-0.05, 0) is 48.9 Å². The molecule has 1 amide bonds. The molecule has 3 aromatic carbocycles. The summed E-state index contributed by atoms with van der Waals surface area (Å²) in [6.07, 6.45) is 20.5. The third-order valence-electron chi connectivity index (χ3n) is 9.10. The van der Waals surface area contributed by atoms with Crippen molar-refractivity contribution in [2.45, 2.75) is 128 Å². The summed E-state index contributed by atoms with van der Waals surface area (Å²) in [5, 5.41) is 2.79. The number of carbonyl (C=O) groups excluding carboxylic acids is 2. The van der Waals surface area contributed by atoms with Crippen LogP contribution in [0, 0.1) is 0 Å². The zero-order valence-electron chi connectivity index (χ0n) is 30.0. The van der Waals surface area contributed by atoms with Crippen molar-refractivity contribution in [1.29, 1.82) is 0 Å². The molecule has 2 N–H and O–H groups in total. The number of Topliss-reactive ketones (excluding diaryl/α,β-unsaturated/α-hetero) is 1. The fourth-order valence-corrected chi connectivity index (χ4v) is 6.82.